The summed E-state index contributed by atoms with van der Waals surface area (Å²) in [6.45, 7) is 6.82. The summed E-state index contributed by atoms with van der Waals surface area (Å²) < 4.78 is 5.32. The van der Waals surface area contributed by atoms with Gasteiger partial charge in [0.2, 0.25) is 0 Å². The number of hydrogen-bond acceptors (Lipinski definition) is 5. The van der Waals surface area contributed by atoms with Gasteiger partial charge in [0.05, 0.1) is 12.2 Å². The predicted octanol–water partition coefficient (Wildman–Crippen LogP) is 1.59. The monoisotopic (exact) mass is 321 g/mol. The van der Waals surface area contributed by atoms with Crippen molar-refractivity contribution in [3.8, 4) is 0 Å². The lowest BCUT2D eigenvalue weighted by atomic mass is 10.1. The van der Waals surface area contributed by atoms with E-state index >= 15 is 0 Å². The van der Waals surface area contributed by atoms with Crippen LogP contribution < -0.4 is 0 Å². The third-order valence-corrected chi connectivity index (χ3v) is 3.52. The van der Waals surface area contributed by atoms with Gasteiger partial charge >= 0.3 is 12.1 Å². The molecule has 1 amide bonds. The van der Waals surface area contributed by atoms with Gasteiger partial charge in [-0.1, -0.05) is 6.07 Å². The smallest absolute Gasteiger partial charge is 0.410 e. The molecule has 1 aromatic heterocycles. The van der Waals surface area contributed by atoms with Crippen molar-refractivity contribution in [1.29, 1.82) is 0 Å². The van der Waals surface area contributed by atoms with E-state index in [9.17, 15) is 14.7 Å². The number of carbonyl (C=O) groups excluding carboxylic acids is 1. The van der Waals surface area contributed by atoms with Crippen molar-refractivity contribution in [2.24, 2.45) is 0 Å². The molecule has 1 atom stereocenters. The highest BCUT2D eigenvalue weighted by Crippen LogP contribution is 2.17. The number of carboxylic acid groups (broad SMARTS) is 1. The first-order valence-electron chi connectivity index (χ1n) is 7.61. The minimum Gasteiger partial charge on any atom is -0.480 e. The summed E-state index contributed by atoms with van der Waals surface area (Å²) >= 11 is 0. The summed E-state index contributed by atoms with van der Waals surface area (Å²) in [6, 6.07) is 4.78. The molecule has 0 aliphatic carbocycles. The molecule has 2 heterocycles. The van der Waals surface area contributed by atoms with Crippen LogP contribution >= 0.6 is 0 Å². The molecule has 2 rings (SSSR count). The molecule has 1 aromatic rings. The van der Waals surface area contributed by atoms with Crippen LogP contribution in [0.1, 0.15) is 26.5 Å². The molecular formula is C16H23N3O4. The van der Waals surface area contributed by atoms with Crippen LogP contribution in [0, 0.1) is 0 Å². The molecule has 1 N–H and O–H groups in total. The zero-order chi connectivity index (χ0) is 17.0. The Kier molecular flexibility index (Phi) is 5.20. The first-order valence-corrected chi connectivity index (χ1v) is 7.61. The second-order valence-corrected chi connectivity index (χ2v) is 6.57. The first-order chi connectivity index (χ1) is 10.8. The summed E-state index contributed by atoms with van der Waals surface area (Å²) in [5.41, 5.74) is 0.213. The van der Waals surface area contributed by atoms with Gasteiger partial charge in [0, 0.05) is 25.8 Å². The summed E-state index contributed by atoms with van der Waals surface area (Å²) in [5, 5.41) is 9.48. The van der Waals surface area contributed by atoms with Crippen molar-refractivity contribution < 1.29 is 19.4 Å². The molecule has 1 fully saturated rings. The maximum Gasteiger partial charge on any atom is 0.410 e. The number of amides is 1. The van der Waals surface area contributed by atoms with Crippen LogP contribution in [0.2, 0.25) is 0 Å². The van der Waals surface area contributed by atoms with Gasteiger partial charge in [0.25, 0.3) is 0 Å². The molecule has 0 bridgehead atoms. The Morgan fingerprint density at radius 2 is 2.09 bits per heavy atom. The number of aromatic nitrogens is 1. The highest BCUT2D eigenvalue weighted by molar-refractivity contribution is 5.76. The molecule has 7 nitrogen and oxygen atoms in total. The van der Waals surface area contributed by atoms with E-state index in [1.807, 2.05) is 23.1 Å². The standard InChI is InChI=1S/C16H23N3O4/c1-16(2,3)23-15(22)19-9-8-18(13(11-19)14(20)21)10-12-6-4-5-7-17-12/h4-7,13H,8-11H2,1-3H3,(H,20,21). The number of pyridine rings is 1. The van der Waals surface area contributed by atoms with Gasteiger partial charge in [-0.05, 0) is 32.9 Å². The van der Waals surface area contributed by atoms with E-state index < -0.39 is 23.7 Å². The Balaban J connectivity index is 2.03. The molecule has 1 saturated heterocycles. The number of carboxylic acids is 1. The van der Waals surface area contributed by atoms with Crippen LogP contribution in [0.3, 0.4) is 0 Å². The second-order valence-electron chi connectivity index (χ2n) is 6.57. The summed E-state index contributed by atoms with van der Waals surface area (Å²) in [5.74, 6) is -0.950. The SMILES string of the molecule is CC(C)(C)OC(=O)N1CCN(Cc2ccccn2)C(C(=O)O)C1. The molecular weight excluding hydrogens is 298 g/mol. The second kappa shape index (κ2) is 6.95. The van der Waals surface area contributed by atoms with Gasteiger partial charge in [-0.15, -0.1) is 0 Å². The van der Waals surface area contributed by atoms with Crippen molar-refractivity contribution in [2.45, 2.75) is 39.0 Å². The van der Waals surface area contributed by atoms with Crippen LogP contribution in [0.25, 0.3) is 0 Å². The summed E-state index contributed by atoms with van der Waals surface area (Å²) in [4.78, 5) is 31.2. The van der Waals surface area contributed by atoms with Gasteiger partial charge in [-0.3, -0.25) is 14.7 Å². The minimum absolute atomic E-state index is 0.108. The maximum atomic E-state index is 12.1. The van der Waals surface area contributed by atoms with E-state index in [2.05, 4.69) is 4.98 Å². The van der Waals surface area contributed by atoms with E-state index in [1.54, 1.807) is 27.0 Å². The maximum absolute atomic E-state index is 12.1. The lowest BCUT2D eigenvalue weighted by Gasteiger charge is -2.39. The molecule has 1 aliphatic heterocycles. The molecule has 7 heteroatoms. The van der Waals surface area contributed by atoms with Gasteiger partial charge in [0.15, 0.2) is 0 Å². The van der Waals surface area contributed by atoms with Crippen molar-refractivity contribution >= 4 is 12.1 Å². The number of piperazine rings is 1. The fraction of sp³-hybridized carbons (Fsp3) is 0.562. The minimum atomic E-state index is -0.950. The average molecular weight is 321 g/mol. The summed E-state index contributed by atoms with van der Waals surface area (Å²) in [7, 11) is 0. The van der Waals surface area contributed by atoms with Crippen molar-refractivity contribution in [1.82, 2.24) is 14.8 Å². The van der Waals surface area contributed by atoms with Crippen molar-refractivity contribution in [3.63, 3.8) is 0 Å². The number of nitrogens with zero attached hydrogens (tertiary/aromatic N) is 3. The number of ether oxygens (including phenoxy) is 1. The molecule has 0 saturated carbocycles. The summed E-state index contributed by atoms with van der Waals surface area (Å²) in [6.07, 6.45) is 1.21. The lowest BCUT2D eigenvalue weighted by molar-refractivity contribution is -0.145. The van der Waals surface area contributed by atoms with Gasteiger partial charge in [0.1, 0.15) is 11.6 Å². The molecule has 0 radical (unpaired) electrons. The highest BCUT2D eigenvalue weighted by Gasteiger charge is 2.35. The van der Waals surface area contributed by atoms with E-state index in [-0.39, 0.29) is 6.54 Å². The number of aliphatic carboxylic acids is 1. The zero-order valence-corrected chi connectivity index (χ0v) is 13.7. The van der Waals surface area contributed by atoms with Crippen molar-refractivity contribution in [3.05, 3.63) is 30.1 Å². The Bertz CT molecular complexity index is 556. The van der Waals surface area contributed by atoms with Gasteiger partial charge < -0.3 is 14.7 Å². The van der Waals surface area contributed by atoms with Crippen molar-refractivity contribution in [2.75, 3.05) is 19.6 Å². The van der Waals surface area contributed by atoms with Crippen LogP contribution in [-0.4, -0.2) is 63.2 Å². The zero-order valence-electron chi connectivity index (χ0n) is 13.7. The predicted molar refractivity (Wildman–Crippen MR) is 83.9 cm³/mol. The average Bonchev–Trinajstić information content (AvgIpc) is 2.46. The molecule has 0 aromatic carbocycles. The molecule has 126 valence electrons. The molecule has 1 unspecified atom stereocenters. The molecule has 1 aliphatic rings. The number of rotatable bonds is 3. The quantitative estimate of drug-likeness (QED) is 0.910. The number of carbonyl (C=O) groups is 2. The highest BCUT2D eigenvalue weighted by atomic mass is 16.6. The normalized spacial score (nSPS) is 19.4. The van der Waals surface area contributed by atoms with E-state index in [0.717, 1.165) is 5.69 Å². The van der Waals surface area contributed by atoms with Gasteiger partial charge in [-0.2, -0.15) is 0 Å². The van der Waals surface area contributed by atoms with E-state index in [1.165, 1.54) is 4.90 Å². The molecule has 0 spiro atoms. The van der Waals surface area contributed by atoms with E-state index in [0.29, 0.717) is 19.6 Å². The third kappa shape index (κ3) is 4.92. The van der Waals surface area contributed by atoms with Crippen LogP contribution in [-0.2, 0) is 16.1 Å². The fourth-order valence-corrected chi connectivity index (χ4v) is 2.44. The largest absolute Gasteiger partial charge is 0.480 e. The number of hydrogen-bond donors (Lipinski definition) is 1. The Hall–Kier alpha value is -2.15. The lowest BCUT2D eigenvalue weighted by Crippen LogP contribution is -2.57. The topological polar surface area (TPSA) is 83.0 Å². The Morgan fingerprint density at radius 3 is 2.65 bits per heavy atom. The molecule has 23 heavy (non-hydrogen) atoms. The van der Waals surface area contributed by atoms with E-state index in [4.69, 9.17) is 4.74 Å². The fourth-order valence-electron chi connectivity index (χ4n) is 2.44. The van der Waals surface area contributed by atoms with Crippen LogP contribution in [0.4, 0.5) is 4.79 Å². The Morgan fingerprint density at radius 1 is 1.35 bits per heavy atom. The van der Waals surface area contributed by atoms with Gasteiger partial charge in [-0.25, -0.2) is 4.79 Å². The third-order valence-electron chi connectivity index (χ3n) is 3.52. The first kappa shape index (κ1) is 17.2. The van der Waals surface area contributed by atoms with Crippen LogP contribution in [0.15, 0.2) is 24.4 Å². The Labute approximate surface area is 135 Å². The van der Waals surface area contributed by atoms with Crippen LogP contribution in [0.5, 0.6) is 0 Å².